The highest BCUT2D eigenvalue weighted by Gasteiger charge is 2.17. The number of ether oxygens (including phenoxy) is 1. The summed E-state index contributed by atoms with van der Waals surface area (Å²) in [6.07, 6.45) is 3.07. The summed E-state index contributed by atoms with van der Waals surface area (Å²) in [5.74, 6) is 3.24. The number of anilines is 4. The van der Waals surface area contributed by atoms with Gasteiger partial charge in [-0.15, -0.1) is 0 Å². The van der Waals surface area contributed by atoms with Crippen molar-refractivity contribution in [3.05, 3.63) is 99.7 Å². The van der Waals surface area contributed by atoms with Crippen LogP contribution in [-0.2, 0) is 6.54 Å². The highest BCUT2D eigenvalue weighted by atomic mass is 16.6. The predicted molar refractivity (Wildman–Crippen MR) is 154 cm³/mol. The van der Waals surface area contributed by atoms with Gasteiger partial charge in [-0.1, -0.05) is 0 Å². The number of methoxy groups -OCH3 is 1. The molecule has 2 aromatic carbocycles. The number of benzene rings is 2. The molecule has 0 saturated heterocycles. The number of nitro benzene ring substituents is 1. The number of aromatic nitrogens is 3. The second kappa shape index (κ2) is 12.0. The van der Waals surface area contributed by atoms with E-state index in [-0.39, 0.29) is 17.6 Å². The van der Waals surface area contributed by atoms with E-state index in [4.69, 9.17) is 13.6 Å². The van der Waals surface area contributed by atoms with Gasteiger partial charge in [-0.05, 0) is 74.0 Å². The molecule has 0 aliphatic carbocycles. The van der Waals surface area contributed by atoms with E-state index in [0.717, 1.165) is 28.3 Å². The standard InChI is InChI=1S/C28H26N8O5/c1-17-18(2)24(36(37)38)12-11-23(17)25-13-10-22(41-25)16-30-35-28-33-26(29-15-21-5-4-14-40-21)32-27(34-28)31-19-6-8-20(39-3)9-7-19/h4-14,16H,15H2,1-3H3,(H3,29,31,32,33,34,35)/b30-16+. The predicted octanol–water partition coefficient (Wildman–Crippen LogP) is 6.06. The summed E-state index contributed by atoms with van der Waals surface area (Å²) in [6, 6.07) is 17.6. The van der Waals surface area contributed by atoms with E-state index in [9.17, 15) is 10.1 Å². The van der Waals surface area contributed by atoms with Gasteiger partial charge in [0.25, 0.3) is 5.69 Å². The van der Waals surface area contributed by atoms with Gasteiger partial charge in [-0.25, -0.2) is 5.43 Å². The van der Waals surface area contributed by atoms with Crippen molar-refractivity contribution in [2.45, 2.75) is 20.4 Å². The number of nitrogens with one attached hydrogen (secondary N) is 3. The van der Waals surface area contributed by atoms with Crippen molar-refractivity contribution in [1.82, 2.24) is 15.0 Å². The Morgan fingerprint density at radius 2 is 1.76 bits per heavy atom. The highest BCUT2D eigenvalue weighted by Crippen LogP contribution is 2.31. The molecule has 0 fully saturated rings. The maximum atomic E-state index is 11.2. The van der Waals surface area contributed by atoms with Crippen LogP contribution in [0.4, 0.5) is 29.2 Å². The molecular weight excluding hydrogens is 528 g/mol. The molecule has 0 amide bonds. The van der Waals surface area contributed by atoms with Gasteiger partial charge in [0.2, 0.25) is 17.8 Å². The summed E-state index contributed by atoms with van der Waals surface area (Å²) >= 11 is 0. The monoisotopic (exact) mass is 554 g/mol. The smallest absolute Gasteiger partial charge is 0.272 e. The van der Waals surface area contributed by atoms with Crippen molar-refractivity contribution < 1.29 is 18.5 Å². The highest BCUT2D eigenvalue weighted by molar-refractivity contribution is 5.78. The first kappa shape index (κ1) is 26.9. The zero-order chi connectivity index (χ0) is 28.8. The van der Waals surface area contributed by atoms with Crippen LogP contribution in [-0.4, -0.2) is 33.2 Å². The van der Waals surface area contributed by atoms with Crippen molar-refractivity contribution >= 4 is 35.4 Å². The third-order valence-corrected chi connectivity index (χ3v) is 6.19. The van der Waals surface area contributed by atoms with Crippen molar-refractivity contribution in [3.8, 4) is 17.1 Å². The van der Waals surface area contributed by atoms with Gasteiger partial charge in [-0.2, -0.15) is 20.1 Å². The van der Waals surface area contributed by atoms with Gasteiger partial charge >= 0.3 is 0 Å². The average Bonchev–Trinajstić information content (AvgIpc) is 3.66. The second-order valence-corrected chi connectivity index (χ2v) is 8.80. The Morgan fingerprint density at radius 3 is 2.49 bits per heavy atom. The maximum Gasteiger partial charge on any atom is 0.272 e. The molecule has 0 radical (unpaired) electrons. The molecule has 3 heterocycles. The molecule has 13 nitrogen and oxygen atoms in total. The first-order valence-electron chi connectivity index (χ1n) is 12.5. The average molecular weight is 555 g/mol. The largest absolute Gasteiger partial charge is 0.497 e. The summed E-state index contributed by atoms with van der Waals surface area (Å²) in [4.78, 5) is 24.1. The van der Waals surface area contributed by atoms with Crippen LogP contribution in [0.5, 0.6) is 5.75 Å². The number of hydrogen-bond acceptors (Lipinski definition) is 12. The second-order valence-electron chi connectivity index (χ2n) is 8.80. The van der Waals surface area contributed by atoms with Crippen LogP contribution in [0.3, 0.4) is 0 Å². The third-order valence-electron chi connectivity index (χ3n) is 6.19. The first-order valence-corrected chi connectivity index (χ1v) is 12.5. The lowest BCUT2D eigenvalue weighted by molar-refractivity contribution is -0.385. The zero-order valence-corrected chi connectivity index (χ0v) is 22.4. The summed E-state index contributed by atoms with van der Waals surface area (Å²) in [5.41, 5.74) is 5.75. The quantitative estimate of drug-likeness (QED) is 0.0986. The number of furan rings is 2. The Kier molecular flexibility index (Phi) is 7.86. The number of hydrazone groups is 1. The molecule has 5 rings (SSSR count). The molecule has 13 heteroatoms. The minimum Gasteiger partial charge on any atom is -0.497 e. The van der Waals surface area contributed by atoms with E-state index in [1.54, 1.807) is 44.6 Å². The molecule has 0 spiro atoms. The Morgan fingerprint density at radius 1 is 0.976 bits per heavy atom. The Balaban J connectivity index is 1.33. The normalized spacial score (nSPS) is 11.0. The van der Waals surface area contributed by atoms with E-state index in [0.29, 0.717) is 29.6 Å². The van der Waals surface area contributed by atoms with Gasteiger partial charge < -0.3 is 24.2 Å². The number of rotatable bonds is 11. The Labute approximate surface area is 234 Å². The third kappa shape index (κ3) is 6.47. The number of nitro groups is 1. The SMILES string of the molecule is COc1ccc(Nc2nc(NCc3ccco3)nc(N/N=C/c3ccc(-c4ccc([N+](=O)[O-])c(C)c4C)o3)n2)cc1. The molecule has 0 aliphatic rings. The lowest BCUT2D eigenvalue weighted by Crippen LogP contribution is -2.09. The van der Waals surface area contributed by atoms with Crippen molar-refractivity contribution in [1.29, 1.82) is 0 Å². The van der Waals surface area contributed by atoms with Crippen LogP contribution < -0.4 is 20.8 Å². The summed E-state index contributed by atoms with van der Waals surface area (Å²) in [6.45, 7) is 3.92. The molecule has 41 heavy (non-hydrogen) atoms. The van der Waals surface area contributed by atoms with E-state index in [1.807, 2.05) is 37.3 Å². The van der Waals surface area contributed by atoms with Crippen molar-refractivity contribution in [3.63, 3.8) is 0 Å². The van der Waals surface area contributed by atoms with Crippen LogP contribution in [0.25, 0.3) is 11.3 Å². The molecule has 0 unspecified atom stereocenters. The van der Waals surface area contributed by atoms with Gasteiger partial charge in [0.15, 0.2) is 0 Å². The van der Waals surface area contributed by atoms with Gasteiger partial charge in [0.1, 0.15) is 23.0 Å². The summed E-state index contributed by atoms with van der Waals surface area (Å²) in [5, 5.41) is 21.7. The molecular formula is C28H26N8O5. The van der Waals surface area contributed by atoms with Gasteiger partial charge in [0, 0.05) is 22.9 Å². The summed E-state index contributed by atoms with van der Waals surface area (Å²) < 4.78 is 16.5. The molecule has 0 atom stereocenters. The van der Waals surface area contributed by atoms with Crippen LogP contribution in [0, 0.1) is 24.0 Å². The summed E-state index contributed by atoms with van der Waals surface area (Å²) in [7, 11) is 1.60. The topological polar surface area (TPSA) is 166 Å². The minimum atomic E-state index is -0.394. The van der Waals surface area contributed by atoms with Crippen molar-refractivity contribution in [2.75, 3.05) is 23.2 Å². The lowest BCUT2D eigenvalue weighted by atomic mass is 10.00. The van der Waals surface area contributed by atoms with Crippen LogP contribution in [0.1, 0.15) is 22.6 Å². The zero-order valence-electron chi connectivity index (χ0n) is 22.4. The maximum absolute atomic E-state index is 11.2. The molecule has 0 saturated carbocycles. The van der Waals surface area contributed by atoms with Crippen LogP contribution >= 0.6 is 0 Å². The fraction of sp³-hybridized carbons (Fsp3) is 0.143. The molecule has 208 valence electrons. The molecule has 0 bridgehead atoms. The molecule has 3 aromatic heterocycles. The Hall–Kier alpha value is -5.72. The molecule has 3 N–H and O–H groups in total. The Bertz CT molecular complexity index is 1680. The van der Waals surface area contributed by atoms with Gasteiger partial charge in [-0.3, -0.25) is 10.1 Å². The van der Waals surface area contributed by atoms with E-state index in [2.05, 4.69) is 36.1 Å². The molecule has 5 aromatic rings. The molecule has 0 aliphatic heterocycles. The van der Waals surface area contributed by atoms with E-state index >= 15 is 0 Å². The number of hydrogen-bond donors (Lipinski definition) is 3. The van der Waals surface area contributed by atoms with Gasteiger partial charge in [0.05, 0.1) is 31.1 Å². The van der Waals surface area contributed by atoms with Crippen molar-refractivity contribution in [2.24, 2.45) is 5.10 Å². The first-order chi connectivity index (χ1) is 19.9. The van der Waals surface area contributed by atoms with E-state index in [1.165, 1.54) is 12.3 Å². The van der Waals surface area contributed by atoms with Crippen LogP contribution in [0.15, 0.2) is 80.9 Å². The minimum absolute atomic E-state index is 0.0695. The lowest BCUT2D eigenvalue weighted by Gasteiger charge is -2.10. The fourth-order valence-electron chi connectivity index (χ4n) is 3.94. The van der Waals surface area contributed by atoms with E-state index < -0.39 is 4.92 Å². The number of nitrogens with zero attached hydrogens (tertiary/aromatic N) is 5. The fourth-order valence-corrected chi connectivity index (χ4v) is 3.94. The van der Waals surface area contributed by atoms with Crippen LogP contribution in [0.2, 0.25) is 0 Å².